The van der Waals surface area contributed by atoms with Crippen LogP contribution in [-0.4, -0.2) is 12.1 Å². The molecule has 0 unspecified atom stereocenters. The van der Waals surface area contributed by atoms with Crippen molar-refractivity contribution in [3.63, 3.8) is 0 Å². The number of amides is 1. The van der Waals surface area contributed by atoms with E-state index in [4.69, 9.17) is 0 Å². The lowest BCUT2D eigenvalue weighted by Gasteiger charge is -2.19. The molecule has 0 aliphatic heterocycles. The highest BCUT2D eigenvalue weighted by Crippen LogP contribution is 2.27. The van der Waals surface area contributed by atoms with Gasteiger partial charge in [-0.05, 0) is 44.2 Å². The first-order valence-corrected chi connectivity index (χ1v) is 10.2. The number of fused-ring (bicyclic) bond motifs is 2. The molecule has 0 aliphatic rings. The van der Waals surface area contributed by atoms with Crippen LogP contribution in [0.3, 0.4) is 0 Å². The van der Waals surface area contributed by atoms with Gasteiger partial charge in [-0.3, -0.25) is 4.79 Å². The van der Waals surface area contributed by atoms with E-state index in [1.165, 1.54) is 5.56 Å². The van der Waals surface area contributed by atoms with Gasteiger partial charge in [0.05, 0.1) is 12.6 Å². The number of nitrogens with zero attached hydrogens (tertiary/aromatic N) is 1. The molecule has 0 aliphatic carbocycles. The zero-order valence-electron chi connectivity index (χ0n) is 17.6. The molecule has 0 saturated carbocycles. The molecule has 4 aromatic carbocycles. The van der Waals surface area contributed by atoms with E-state index in [0.29, 0.717) is 6.42 Å². The Bertz CT molecular complexity index is 1180. The average Bonchev–Trinajstić information content (AvgIpc) is 2.73. The van der Waals surface area contributed by atoms with Crippen molar-refractivity contribution < 1.29 is 4.79 Å². The molecule has 0 radical (unpaired) electrons. The zero-order valence-corrected chi connectivity index (χ0v) is 17.6. The predicted octanol–water partition coefficient (Wildman–Crippen LogP) is 5.98. The molecule has 1 amide bonds. The van der Waals surface area contributed by atoms with Gasteiger partial charge >= 0.3 is 0 Å². The van der Waals surface area contributed by atoms with Crippen molar-refractivity contribution in [1.82, 2.24) is 5.43 Å². The maximum absolute atomic E-state index is 12.4. The minimum absolute atomic E-state index is 0.103. The van der Waals surface area contributed by atoms with Gasteiger partial charge in [0, 0.05) is 5.56 Å². The van der Waals surface area contributed by atoms with Gasteiger partial charge in [0.25, 0.3) is 0 Å². The van der Waals surface area contributed by atoms with Crippen LogP contribution in [0.2, 0.25) is 0 Å². The Morgan fingerprint density at radius 2 is 1.43 bits per heavy atom. The summed E-state index contributed by atoms with van der Waals surface area (Å²) in [7, 11) is 0. The molecule has 1 N–H and O–H groups in total. The summed E-state index contributed by atoms with van der Waals surface area (Å²) in [6, 6.07) is 26.9. The van der Waals surface area contributed by atoms with Gasteiger partial charge in [-0.1, -0.05) is 93.6 Å². The van der Waals surface area contributed by atoms with Crippen molar-refractivity contribution in [2.24, 2.45) is 5.10 Å². The maximum atomic E-state index is 12.4. The summed E-state index contributed by atoms with van der Waals surface area (Å²) in [4.78, 5) is 12.4. The summed E-state index contributed by atoms with van der Waals surface area (Å²) >= 11 is 0. The van der Waals surface area contributed by atoms with Crippen LogP contribution < -0.4 is 5.43 Å². The second kappa shape index (κ2) is 8.11. The lowest BCUT2D eigenvalue weighted by molar-refractivity contribution is -0.120. The molecular weight excluding hydrogens is 368 g/mol. The van der Waals surface area contributed by atoms with Crippen LogP contribution in [0, 0.1) is 0 Å². The molecule has 150 valence electrons. The first-order valence-electron chi connectivity index (χ1n) is 10.2. The van der Waals surface area contributed by atoms with E-state index in [1.54, 1.807) is 6.21 Å². The quantitative estimate of drug-likeness (QED) is 0.258. The van der Waals surface area contributed by atoms with Gasteiger partial charge in [0.2, 0.25) is 5.91 Å². The minimum Gasteiger partial charge on any atom is -0.273 e. The van der Waals surface area contributed by atoms with Crippen molar-refractivity contribution >= 4 is 33.7 Å². The van der Waals surface area contributed by atoms with Crippen LogP contribution in [0.15, 0.2) is 84.0 Å². The Hall–Kier alpha value is -3.46. The standard InChI is InChI=1S/C27H26N2O/c1-27(2,3)22-14-12-19(13-15-22)16-26(30)29-28-18-25-23-10-6-4-8-20(23)17-21-9-5-7-11-24(21)25/h4-15,17-18H,16H2,1-3H3,(H,29,30)/b28-18-. The van der Waals surface area contributed by atoms with Crippen LogP contribution in [0.1, 0.15) is 37.5 Å². The van der Waals surface area contributed by atoms with Crippen molar-refractivity contribution in [2.45, 2.75) is 32.6 Å². The van der Waals surface area contributed by atoms with E-state index in [9.17, 15) is 4.79 Å². The highest BCUT2D eigenvalue weighted by atomic mass is 16.2. The Morgan fingerprint density at radius 3 is 2.00 bits per heavy atom. The highest BCUT2D eigenvalue weighted by molar-refractivity contribution is 6.13. The van der Waals surface area contributed by atoms with Crippen molar-refractivity contribution in [3.8, 4) is 0 Å². The first kappa shape index (κ1) is 19.8. The molecule has 0 fully saturated rings. The van der Waals surface area contributed by atoms with E-state index < -0.39 is 0 Å². The van der Waals surface area contributed by atoms with Crippen molar-refractivity contribution in [3.05, 3.63) is 95.6 Å². The molecule has 0 heterocycles. The Morgan fingerprint density at radius 1 is 0.867 bits per heavy atom. The summed E-state index contributed by atoms with van der Waals surface area (Å²) in [5.74, 6) is -0.126. The summed E-state index contributed by atoms with van der Waals surface area (Å²) in [6.45, 7) is 6.54. The number of rotatable bonds is 4. The van der Waals surface area contributed by atoms with Gasteiger partial charge in [-0.2, -0.15) is 5.10 Å². The number of benzene rings is 4. The lowest BCUT2D eigenvalue weighted by atomic mass is 9.86. The van der Waals surface area contributed by atoms with Crippen LogP contribution in [0.4, 0.5) is 0 Å². The molecule has 4 rings (SSSR count). The number of nitrogens with one attached hydrogen (secondary N) is 1. The average molecular weight is 395 g/mol. The lowest BCUT2D eigenvalue weighted by Crippen LogP contribution is -2.20. The van der Waals surface area contributed by atoms with E-state index in [2.05, 4.69) is 73.8 Å². The number of carbonyl (C=O) groups excluding carboxylic acids is 1. The number of hydrogen-bond acceptors (Lipinski definition) is 2. The highest BCUT2D eigenvalue weighted by Gasteiger charge is 2.13. The monoisotopic (exact) mass is 394 g/mol. The Labute approximate surface area is 177 Å². The molecule has 0 spiro atoms. The number of hydrogen-bond donors (Lipinski definition) is 1. The van der Waals surface area contributed by atoms with Gasteiger partial charge < -0.3 is 0 Å². The number of hydrazone groups is 1. The second-order valence-electron chi connectivity index (χ2n) is 8.65. The third-order valence-corrected chi connectivity index (χ3v) is 5.38. The smallest absolute Gasteiger partial charge is 0.244 e. The molecule has 3 nitrogen and oxygen atoms in total. The summed E-state index contributed by atoms with van der Waals surface area (Å²) in [5, 5.41) is 8.82. The van der Waals surface area contributed by atoms with Gasteiger partial charge in [0.1, 0.15) is 0 Å². The zero-order chi connectivity index (χ0) is 21.1. The topological polar surface area (TPSA) is 41.5 Å². The van der Waals surface area contributed by atoms with E-state index in [-0.39, 0.29) is 11.3 Å². The minimum atomic E-state index is -0.126. The summed E-state index contributed by atoms with van der Waals surface area (Å²) < 4.78 is 0. The molecule has 0 bridgehead atoms. The maximum Gasteiger partial charge on any atom is 0.244 e. The van der Waals surface area contributed by atoms with Crippen molar-refractivity contribution in [1.29, 1.82) is 0 Å². The molecule has 30 heavy (non-hydrogen) atoms. The third kappa shape index (κ3) is 4.25. The molecule has 3 heteroatoms. The fourth-order valence-electron chi connectivity index (χ4n) is 3.70. The first-order chi connectivity index (χ1) is 14.4. The fraction of sp³-hybridized carbons (Fsp3) is 0.185. The summed E-state index contributed by atoms with van der Waals surface area (Å²) in [5.41, 5.74) is 6.04. The van der Waals surface area contributed by atoms with Crippen LogP contribution in [0.25, 0.3) is 21.5 Å². The molecule has 0 atom stereocenters. The predicted molar refractivity (Wildman–Crippen MR) is 126 cm³/mol. The second-order valence-corrected chi connectivity index (χ2v) is 8.65. The Balaban J connectivity index is 1.53. The van der Waals surface area contributed by atoms with Gasteiger partial charge in [-0.25, -0.2) is 5.43 Å². The number of carbonyl (C=O) groups is 1. The van der Waals surface area contributed by atoms with Gasteiger partial charge in [-0.15, -0.1) is 0 Å². The normalized spacial score (nSPS) is 12.0. The van der Waals surface area contributed by atoms with Crippen molar-refractivity contribution in [2.75, 3.05) is 0 Å². The molecular formula is C27H26N2O. The largest absolute Gasteiger partial charge is 0.273 e. The molecule has 0 aromatic heterocycles. The van der Waals surface area contributed by atoms with Crippen LogP contribution in [-0.2, 0) is 16.6 Å². The molecule has 4 aromatic rings. The van der Waals surface area contributed by atoms with Crippen LogP contribution >= 0.6 is 0 Å². The van der Waals surface area contributed by atoms with E-state index in [0.717, 1.165) is 32.7 Å². The van der Waals surface area contributed by atoms with Crippen LogP contribution in [0.5, 0.6) is 0 Å². The van der Waals surface area contributed by atoms with E-state index in [1.807, 2.05) is 36.4 Å². The Kier molecular flexibility index (Phi) is 5.37. The fourth-order valence-corrected chi connectivity index (χ4v) is 3.70. The summed E-state index contributed by atoms with van der Waals surface area (Å²) in [6.07, 6.45) is 2.06. The van der Waals surface area contributed by atoms with Gasteiger partial charge in [0.15, 0.2) is 0 Å². The SMILES string of the molecule is CC(C)(C)c1ccc(CC(=O)N/N=C\c2c3ccccc3cc3ccccc23)cc1. The third-order valence-electron chi connectivity index (χ3n) is 5.38. The van der Waals surface area contributed by atoms with E-state index >= 15 is 0 Å². The molecule has 0 saturated heterocycles.